The molecule has 16 heavy (non-hydrogen) atoms. The number of aryl methyl sites for hydroxylation is 2. The van der Waals surface area contributed by atoms with Gasteiger partial charge in [-0.15, -0.1) is 0 Å². The molecule has 0 amide bonds. The van der Waals surface area contributed by atoms with Gasteiger partial charge < -0.3 is 0 Å². The van der Waals surface area contributed by atoms with Crippen molar-refractivity contribution in [3.8, 4) is 0 Å². The van der Waals surface area contributed by atoms with Gasteiger partial charge in [0.15, 0.2) is 0 Å². The molecule has 1 aliphatic rings. The van der Waals surface area contributed by atoms with Gasteiger partial charge in [-0.2, -0.15) is 0 Å². The molecule has 2 aromatic carbocycles. The van der Waals surface area contributed by atoms with Crippen LogP contribution in [0.1, 0.15) is 36.5 Å². The van der Waals surface area contributed by atoms with Gasteiger partial charge in [0.25, 0.3) is 0 Å². The summed E-state index contributed by atoms with van der Waals surface area (Å²) in [5.74, 6) is 0. The van der Waals surface area contributed by atoms with Crippen molar-refractivity contribution in [2.24, 2.45) is 0 Å². The molecule has 1 saturated carbocycles. The van der Waals surface area contributed by atoms with Crippen LogP contribution in [0.3, 0.4) is 0 Å². The van der Waals surface area contributed by atoms with E-state index in [-0.39, 0.29) is 0 Å². The van der Waals surface area contributed by atoms with Crippen molar-refractivity contribution < 1.29 is 0 Å². The van der Waals surface area contributed by atoms with Crippen molar-refractivity contribution in [3.63, 3.8) is 0 Å². The van der Waals surface area contributed by atoms with Crippen molar-refractivity contribution in [1.82, 2.24) is 0 Å². The Labute approximate surface area is 97.3 Å². The Balaban J connectivity index is 2.42. The Hall–Kier alpha value is -1.30. The van der Waals surface area contributed by atoms with Crippen LogP contribution in [-0.4, -0.2) is 0 Å². The van der Waals surface area contributed by atoms with Gasteiger partial charge in [-0.25, -0.2) is 0 Å². The fourth-order valence-electron chi connectivity index (χ4n) is 2.97. The van der Waals surface area contributed by atoms with E-state index in [4.69, 9.17) is 0 Å². The SMILES string of the molecule is Cc1cc(C)c2ccccc2c1C1(C)CC1. The second-order valence-corrected chi connectivity index (χ2v) is 5.49. The zero-order valence-electron chi connectivity index (χ0n) is 10.3. The number of rotatable bonds is 1. The minimum atomic E-state index is 0.456. The molecule has 0 unspecified atom stereocenters. The molecule has 0 heterocycles. The Bertz CT molecular complexity index is 560. The molecular weight excluding hydrogens is 192 g/mol. The highest BCUT2D eigenvalue weighted by Crippen LogP contribution is 2.51. The molecule has 0 nitrogen and oxygen atoms in total. The summed E-state index contributed by atoms with van der Waals surface area (Å²) in [5, 5.41) is 2.90. The Morgan fingerprint density at radius 1 is 0.938 bits per heavy atom. The number of benzene rings is 2. The molecule has 0 bridgehead atoms. The van der Waals surface area contributed by atoms with E-state index in [9.17, 15) is 0 Å². The first-order valence-corrected chi connectivity index (χ1v) is 6.11. The van der Waals surface area contributed by atoms with E-state index in [0.29, 0.717) is 5.41 Å². The van der Waals surface area contributed by atoms with Crippen molar-refractivity contribution in [1.29, 1.82) is 0 Å². The standard InChI is InChI=1S/C16H18/c1-11-10-12(2)15(16(3)8-9-16)14-7-5-4-6-13(11)14/h4-7,10H,8-9H2,1-3H3. The highest BCUT2D eigenvalue weighted by molar-refractivity contribution is 5.90. The smallest absolute Gasteiger partial charge is 0.00658 e. The van der Waals surface area contributed by atoms with Crippen LogP contribution in [0.15, 0.2) is 30.3 Å². The predicted octanol–water partition coefficient (Wildman–Crippen LogP) is 4.51. The van der Waals surface area contributed by atoms with Gasteiger partial charge in [0, 0.05) is 0 Å². The van der Waals surface area contributed by atoms with Crippen LogP contribution in [0.25, 0.3) is 10.8 Å². The molecule has 0 N–H and O–H groups in total. The first-order chi connectivity index (χ1) is 7.62. The average Bonchev–Trinajstić information content (AvgIpc) is 2.97. The second-order valence-electron chi connectivity index (χ2n) is 5.49. The number of hydrogen-bond donors (Lipinski definition) is 0. The lowest BCUT2D eigenvalue weighted by Crippen LogP contribution is -2.04. The van der Waals surface area contributed by atoms with Gasteiger partial charge >= 0.3 is 0 Å². The third-order valence-corrected chi connectivity index (χ3v) is 4.05. The number of hydrogen-bond acceptors (Lipinski definition) is 0. The van der Waals surface area contributed by atoms with E-state index in [1.54, 1.807) is 5.56 Å². The van der Waals surface area contributed by atoms with E-state index in [1.807, 2.05) is 0 Å². The zero-order chi connectivity index (χ0) is 11.3. The van der Waals surface area contributed by atoms with Gasteiger partial charge in [-0.1, -0.05) is 37.3 Å². The van der Waals surface area contributed by atoms with Gasteiger partial charge in [-0.3, -0.25) is 0 Å². The van der Waals surface area contributed by atoms with E-state index in [2.05, 4.69) is 51.1 Å². The summed E-state index contributed by atoms with van der Waals surface area (Å²) in [6, 6.07) is 11.2. The van der Waals surface area contributed by atoms with Crippen LogP contribution in [0.4, 0.5) is 0 Å². The molecule has 1 fully saturated rings. The summed E-state index contributed by atoms with van der Waals surface area (Å²) >= 11 is 0. The largest absolute Gasteiger partial charge is 0.0616 e. The summed E-state index contributed by atoms with van der Waals surface area (Å²) in [7, 11) is 0. The van der Waals surface area contributed by atoms with Gasteiger partial charge in [0.2, 0.25) is 0 Å². The van der Waals surface area contributed by atoms with Crippen LogP contribution in [0, 0.1) is 13.8 Å². The summed E-state index contributed by atoms with van der Waals surface area (Å²) in [6.07, 6.45) is 2.70. The molecule has 0 aromatic heterocycles. The maximum Gasteiger partial charge on any atom is -0.00658 e. The van der Waals surface area contributed by atoms with E-state index in [1.165, 1.54) is 34.7 Å². The molecule has 1 aliphatic carbocycles. The van der Waals surface area contributed by atoms with Crippen molar-refractivity contribution >= 4 is 10.8 Å². The quantitative estimate of drug-likeness (QED) is 0.649. The molecule has 0 atom stereocenters. The highest BCUT2D eigenvalue weighted by atomic mass is 14.4. The summed E-state index contributed by atoms with van der Waals surface area (Å²) < 4.78 is 0. The van der Waals surface area contributed by atoms with E-state index in [0.717, 1.165) is 0 Å². The van der Waals surface area contributed by atoms with Gasteiger partial charge in [0.05, 0.1) is 0 Å². The average molecular weight is 210 g/mol. The fourth-order valence-corrected chi connectivity index (χ4v) is 2.97. The van der Waals surface area contributed by atoms with Gasteiger partial charge in [-0.05, 0) is 59.6 Å². The summed E-state index contributed by atoms with van der Waals surface area (Å²) in [5.41, 5.74) is 4.92. The number of fused-ring (bicyclic) bond motifs is 1. The lowest BCUT2D eigenvalue weighted by Gasteiger charge is -2.18. The highest BCUT2D eigenvalue weighted by Gasteiger charge is 2.41. The molecule has 82 valence electrons. The molecule has 0 aliphatic heterocycles. The Morgan fingerprint density at radius 2 is 1.56 bits per heavy atom. The topological polar surface area (TPSA) is 0 Å². The molecule has 2 aromatic rings. The first-order valence-electron chi connectivity index (χ1n) is 6.11. The maximum absolute atomic E-state index is 2.40. The minimum absolute atomic E-state index is 0.456. The molecule has 0 radical (unpaired) electrons. The molecule has 0 saturated heterocycles. The zero-order valence-corrected chi connectivity index (χ0v) is 10.3. The third-order valence-electron chi connectivity index (χ3n) is 4.05. The fraction of sp³-hybridized carbons (Fsp3) is 0.375. The lowest BCUT2D eigenvalue weighted by molar-refractivity contribution is 0.788. The van der Waals surface area contributed by atoms with Crippen LogP contribution in [0.5, 0.6) is 0 Å². The summed E-state index contributed by atoms with van der Waals surface area (Å²) in [4.78, 5) is 0. The monoisotopic (exact) mass is 210 g/mol. The Kier molecular flexibility index (Phi) is 1.92. The van der Waals surface area contributed by atoms with Crippen LogP contribution < -0.4 is 0 Å². The third kappa shape index (κ3) is 1.29. The first kappa shape index (κ1) is 9.89. The van der Waals surface area contributed by atoms with Crippen molar-refractivity contribution in [3.05, 3.63) is 47.0 Å². The van der Waals surface area contributed by atoms with Crippen molar-refractivity contribution in [2.45, 2.75) is 39.0 Å². The van der Waals surface area contributed by atoms with Crippen LogP contribution >= 0.6 is 0 Å². The predicted molar refractivity (Wildman–Crippen MR) is 70.0 cm³/mol. The maximum atomic E-state index is 2.40. The minimum Gasteiger partial charge on any atom is -0.0616 e. The second kappa shape index (κ2) is 3.10. The normalized spacial score (nSPS) is 17.7. The van der Waals surface area contributed by atoms with Crippen molar-refractivity contribution in [2.75, 3.05) is 0 Å². The molecule has 0 spiro atoms. The van der Waals surface area contributed by atoms with E-state index >= 15 is 0 Å². The van der Waals surface area contributed by atoms with Crippen LogP contribution in [0.2, 0.25) is 0 Å². The van der Waals surface area contributed by atoms with E-state index < -0.39 is 0 Å². The Morgan fingerprint density at radius 3 is 2.19 bits per heavy atom. The molecule has 3 rings (SSSR count). The molecular formula is C16H18. The van der Waals surface area contributed by atoms with Crippen LogP contribution in [-0.2, 0) is 5.41 Å². The van der Waals surface area contributed by atoms with Gasteiger partial charge in [0.1, 0.15) is 0 Å². The molecule has 0 heteroatoms. The summed E-state index contributed by atoms with van der Waals surface area (Å²) in [6.45, 7) is 6.88. The lowest BCUT2D eigenvalue weighted by atomic mass is 9.87.